The maximum atomic E-state index is 11.5. The summed E-state index contributed by atoms with van der Waals surface area (Å²) in [5.74, 6) is 0.158. The number of nitrogens with one attached hydrogen (secondary N) is 1. The van der Waals surface area contributed by atoms with E-state index in [1.165, 1.54) is 4.68 Å². The Balaban J connectivity index is 2.40. The molecular weight excluding hydrogens is 224 g/mol. The van der Waals surface area contributed by atoms with Gasteiger partial charge in [-0.1, -0.05) is 42.5 Å². The second-order valence-electron chi connectivity index (χ2n) is 3.29. The van der Waals surface area contributed by atoms with Gasteiger partial charge in [0.2, 0.25) is 0 Å². The molecule has 5 nitrogen and oxygen atoms in total. The highest BCUT2D eigenvalue weighted by Gasteiger charge is 2.01. The van der Waals surface area contributed by atoms with Gasteiger partial charge < -0.3 is 5.73 Å². The van der Waals surface area contributed by atoms with Gasteiger partial charge in [0.25, 0.3) is 0 Å². The fourth-order valence-electron chi connectivity index (χ4n) is 1.31. The predicted octanol–water partition coefficient (Wildman–Crippen LogP) is 0.931. The molecular formula is C10H10N4OS. The molecule has 0 spiro atoms. The van der Waals surface area contributed by atoms with Gasteiger partial charge in [-0.15, -0.1) is 5.10 Å². The molecule has 0 atom stereocenters. The van der Waals surface area contributed by atoms with Crippen LogP contribution in [0.3, 0.4) is 0 Å². The van der Waals surface area contributed by atoms with Crippen molar-refractivity contribution in [2.24, 2.45) is 0 Å². The van der Waals surface area contributed by atoms with E-state index in [2.05, 4.69) is 10.1 Å². The molecule has 6 heteroatoms. The van der Waals surface area contributed by atoms with E-state index in [1.54, 1.807) is 0 Å². The van der Waals surface area contributed by atoms with Crippen LogP contribution >= 0.6 is 12.2 Å². The first-order valence-electron chi connectivity index (χ1n) is 4.67. The van der Waals surface area contributed by atoms with Gasteiger partial charge in [-0.25, -0.2) is 9.48 Å². The number of hydrogen-bond acceptors (Lipinski definition) is 4. The van der Waals surface area contributed by atoms with Crippen LogP contribution in [-0.2, 0) is 6.54 Å². The number of nitrogen functional groups attached to an aromatic ring is 1. The first-order valence-corrected chi connectivity index (χ1v) is 5.08. The van der Waals surface area contributed by atoms with Crippen LogP contribution in [0.25, 0.3) is 0 Å². The Hall–Kier alpha value is -1.95. The lowest BCUT2D eigenvalue weighted by Gasteiger charge is -2.04. The lowest BCUT2D eigenvalue weighted by molar-refractivity contribution is 0.617. The van der Waals surface area contributed by atoms with Gasteiger partial charge in [-0.3, -0.25) is 4.98 Å². The Bertz CT molecular complexity index is 602. The van der Waals surface area contributed by atoms with E-state index < -0.39 is 0 Å². The summed E-state index contributed by atoms with van der Waals surface area (Å²) in [4.78, 5) is 14.0. The van der Waals surface area contributed by atoms with Gasteiger partial charge in [-0.05, 0) is 5.56 Å². The second kappa shape index (κ2) is 4.28. The minimum Gasteiger partial charge on any atom is -0.380 e. The largest absolute Gasteiger partial charge is 0.380 e. The molecule has 0 aliphatic heterocycles. The summed E-state index contributed by atoms with van der Waals surface area (Å²) in [5.41, 5.74) is 6.15. The van der Waals surface area contributed by atoms with E-state index in [1.807, 2.05) is 30.3 Å². The predicted molar refractivity (Wildman–Crippen MR) is 63.6 cm³/mol. The molecule has 2 rings (SSSR count). The number of hydrogen-bond donors (Lipinski definition) is 2. The normalized spacial score (nSPS) is 10.2. The number of anilines is 1. The van der Waals surface area contributed by atoms with E-state index in [9.17, 15) is 4.79 Å². The highest BCUT2D eigenvalue weighted by molar-refractivity contribution is 7.71. The van der Waals surface area contributed by atoms with Crippen LogP contribution in [-0.4, -0.2) is 14.8 Å². The monoisotopic (exact) mass is 234 g/mol. The van der Waals surface area contributed by atoms with Gasteiger partial charge in [-0.2, -0.15) is 0 Å². The molecule has 0 bridgehead atoms. The van der Waals surface area contributed by atoms with Crippen molar-refractivity contribution >= 4 is 18.0 Å². The van der Waals surface area contributed by atoms with Crippen LogP contribution in [0.15, 0.2) is 35.1 Å². The molecule has 0 radical (unpaired) electrons. The number of H-pyrrole nitrogens is 1. The fourth-order valence-corrected chi connectivity index (χ4v) is 1.44. The average Bonchev–Trinajstić information content (AvgIpc) is 2.27. The van der Waals surface area contributed by atoms with Crippen LogP contribution in [0.4, 0.5) is 5.82 Å². The van der Waals surface area contributed by atoms with Crippen LogP contribution in [0.2, 0.25) is 0 Å². The number of nitrogens with two attached hydrogens (primary N) is 1. The van der Waals surface area contributed by atoms with Crippen LogP contribution in [0.1, 0.15) is 5.56 Å². The zero-order valence-corrected chi connectivity index (χ0v) is 9.20. The molecule has 0 aliphatic rings. The summed E-state index contributed by atoms with van der Waals surface area (Å²) >= 11 is 4.81. The quantitative estimate of drug-likeness (QED) is 0.758. The molecule has 1 aromatic heterocycles. The SMILES string of the molecule is Nc1nn(Cc2ccccc2)c(=O)[nH]c1=S. The van der Waals surface area contributed by atoms with Crippen molar-refractivity contribution in [3.63, 3.8) is 0 Å². The smallest absolute Gasteiger partial charge is 0.343 e. The molecule has 16 heavy (non-hydrogen) atoms. The van der Waals surface area contributed by atoms with Crippen LogP contribution in [0, 0.1) is 4.64 Å². The number of benzene rings is 1. The van der Waals surface area contributed by atoms with Gasteiger partial charge in [0, 0.05) is 0 Å². The van der Waals surface area contributed by atoms with Crippen LogP contribution in [0.5, 0.6) is 0 Å². The zero-order valence-electron chi connectivity index (χ0n) is 8.38. The van der Waals surface area contributed by atoms with Crippen molar-refractivity contribution < 1.29 is 0 Å². The lowest BCUT2D eigenvalue weighted by atomic mass is 10.2. The Morgan fingerprint density at radius 2 is 2.06 bits per heavy atom. The Kier molecular flexibility index (Phi) is 2.82. The number of rotatable bonds is 2. The third kappa shape index (κ3) is 2.17. The molecule has 0 unspecified atom stereocenters. The van der Waals surface area contributed by atoms with E-state index >= 15 is 0 Å². The highest BCUT2D eigenvalue weighted by atomic mass is 32.1. The van der Waals surface area contributed by atoms with Crippen molar-refractivity contribution in [3.8, 4) is 0 Å². The number of aromatic nitrogens is 3. The topological polar surface area (TPSA) is 76.7 Å². The van der Waals surface area contributed by atoms with Crippen LogP contribution < -0.4 is 11.4 Å². The average molecular weight is 234 g/mol. The van der Waals surface area contributed by atoms with Crippen molar-refractivity contribution in [2.75, 3.05) is 5.73 Å². The molecule has 0 aliphatic carbocycles. The second-order valence-corrected chi connectivity index (χ2v) is 3.70. The minimum absolute atomic E-state index is 0.158. The van der Waals surface area contributed by atoms with Crippen molar-refractivity contribution in [2.45, 2.75) is 6.54 Å². The molecule has 1 aromatic carbocycles. The highest BCUT2D eigenvalue weighted by Crippen LogP contribution is 2.00. The third-order valence-corrected chi connectivity index (χ3v) is 2.40. The molecule has 0 fully saturated rings. The molecule has 2 aromatic rings. The summed E-state index contributed by atoms with van der Waals surface area (Å²) in [7, 11) is 0. The van der Waals surface area contributed by atoms with Crippen molar-refractivity contribution in [3.05, 3.63) is 51.0 Å². The van der Waals surface area contributed by atoms with Gasteiger partial charge in [0.05, 0.1) is 6.54 Å². The van der Waals surface area contributed by atoms with E-state index in [-0.39, 0.29) is 16.1 Å². The summed E-state index contributed by atoms with van der Waals surface area (Å²) in [6.45, 7) is 0.371. The van der Waals surface area contributed by atoms with Gasteiger partial charge >= 0.3 is 5.69 Å². The summed E-state index contributed by atoms with van der Waals surface area (Å²) in [5, 5.41) is 3.91. The molecule has 1 heterocycles. The maximum absolute atomic E-state index is 11.5. The van der Waals surface area contributed by atoms with E-state index in [0.29, 0.717) is 6.54 Å². The molecule has 0 saturated heterocycles. The van der Waals surface area contributed by atoms with Gasteiger partial charge in [0.15, 0.2) is 10.5 Å². The Labute approximate surface area is 96.6 Å². The summed E-state index contributed by atoms with van der Waals surface area (Å²) in [6, 6.07) is 9.52. The standard InChI is InChI=1S/C10H10N4OS/c11-8-9(16)12-10(15)14(13-8)6-7-4-2-1-3-5-7/h1-5H,6H2,(H2,11,13)(H,12,15,16). The summed E-state index contributed by atoms with van der Waals surface area (Å²) in [6.07, 6.45) is 0. The minimum atomic E-state index is -0.358. The summed E-state index contributed by atoms with van der Waals surface area (Å²) < 4.78 is 1.43. The third-order valence-electron chi connectivity index (χ3n) is 2.09. The first-order chi connectivity index (χ1) is 7.66. The molecule has 3 N–H and O–H groups in total. The Morgan fingerprint density at radius 3 is 2.75 bits per heavy atom. The maximum Gasteiger partial charge on any atom is 0.343 e. The molecule has 0 saturated carbocycles. The van der Waals surface area contributed by atoms with Crippen molar-refractivity contribution in [1.29, 1.82) is 0 Å². The molecule has 0 amide bonds. The lowest BCUT2D eigenvalue weighted by Crippen LogP contribution is -2.27. The fraction of sp³-hybridized carbons (Fsp3) is 0.100. The first kappa shape index (κ1) is 10.6. The van der Waals surface area contributed by atoms with Gasteiger partial charge in [0.1, 0.15) is 0 Å². The zero-order chi connectivity index (χ0) is 11.5. The molecule has 82 valence electrons. The van der Waals surface area contributed by atoms with Crippen molar-refractivity contribution in [1.82, 2.24) is 14.8 Å². The van der Waals surface area contributed by atoms with E-state index in [0.717, 1.165) is 5.56 Å². The van der Waals surface area contributed by atoms with E-state index in [4.69, 9.17) is 18.0 Å². The number of nitrogens with zero attached hydrogens (tertiary/aromatic N) is 2. The Morgan fingerprint density at radius 1 is 1.38 bits per heavy atom. The number of aromatic amines is 1.